The van der Waals surface area contributed by atoms with Crippen molar-refractivity contribution in [3.63, 3.8) is 0 Å². The van der Waals surface area contributed by atoms with E-state index in [9.17, 15) is 4.79 Å². The summed E-state index contributed by atoms with van der Waals surface area (Å²) in [6.45, 7) is 2.58. The number of fused-ring (bicyclic) bond motifs is 1. The van der Waals surface area contributed by atoms with Crippen molar-refractivity contribution >= 4 is 16.8 Å². The van der Waals surface area contributed by atoms with Gasteiger partial charge in [-0.05, 0) is 44.1 Å². The molecule has 0 unspecified atom stereocenters. The molecule has 1 saturated heterocycles. The van der Waals surface area contributed by atoms with Gasteiger partial charge in [0.1, 0.15) is 5.76 Å². The number of nitrogens with zero attached hydrogens (tertiary/aromatic N) is 2. The number of carbonyl (C=O) groups is 1. The second-order valence-electron chi connectivity index (χ2n) is 6.10. The molecule has 6 heteroatoms. The van der Waals surface area contributed by atoms with Crippen LogP contribution in [0.5, 0.6) is 0 Å². The van der Waals surface area contributed by atoms with Gasteiger partial charge in [0.15, 0.2) is 5.69 Å². The average molecular weight is 324 g/mol. The highest BCUT2D eigenvalue weighted by molar-refractivity contribution is 6.04. The zero-order chi connectivity index (χ0) is 16.4. The van der Waals surface area contributed by atoms with Gasteiger partial charge in [-0.15, -0.1) is 0 Å². The maximum atomic E-state index is 12.6. The van der Waals surface area contributed by atoms with E-state index in [1.54, 1.807) is 6.26 Å². The monoisotopic (exact) mass is 324 g/mol. The molecular formula is C18H20N4O2. The van der Waals surface area contributed by atoms with Crippen molar-refractivity contribution in [1.82, 2.24) is 20.4 Å². The Labute approximate surface area is 139 Å². The normalized spacial score (nSPS) is 16.5. The van der Waals surface area contributed by atoms with Crippen LogP contribution in [0.2, 0.25) is 0 Å². The molecule has 1 fully saturated rings. The predicted octanol–water partition coefficient (Wildman–Crippen LogP) is 2.72. The molecule has 2 aromatic heterocycles. The summed E-state index contributed by atoms with van der Waals surface area (Å²) in [6, 6.07) is 11.6. The number of benzene rings is 1. The molecule has 0 saturated carbocycles. The van der Waals surface area contributed by atoms with Crippen molar-refractivity contribution in [3.8, 4) is 0 Å². The Morgan fingerprint density at radius 1 is 1.25 bits per heavy atom. The number of aromatic amines is 1. The van der Waals surface area contributed by atoms with Crippen LogP contribution in [0.4, 0.5) is 0 Å². The number of nitrogens with one attached hydrogen (secondary N) is 2. The van der Waals surface area contributed by atoms with Gasteiger partial charge in [-0.1, -0.05) is 18.2 Å². The van der Waals surface area contributed by atoms with Gasteiger partial charge >= 0.3 is 0 Å². The van der Waals surface area contributed by atoms with Crippen LogP contribution in [0.25, 0.3) is 10.9 Å². The Morgan fingerprint density at radius 2 is 2.08 bits per heavy atom. The van der Waals surface area contributed by atoms with Crippen molar-refractivity contribution < 1.29 is 9.21 Å². The lowest BCUT2D eigenvalue weighted by atomic mass is 10.1. The second-order valence-corrected chi connectivity index (χ2v) is 6.10. The third-order valence-corrected chi connectivity index (χ3v) is 4.59. The molecule has 4 rings (SSSR count). The first kappa shape index (κ1) is 15.0. The molecule has 3 heterocycles. The number of para-hydroxylation sites is 1. The molecule has 1 aliphatic rings. The number of hydrogen-bond acceptors (Lipinski definition) is 4. The third kappa shape index (κ3) is 2.80. The first-order chi connectivity index (χ1) is 11.8. The first-order valence-electron chi connectivity index (χ1n) is 8.31. The summed E-state index contributed by atoms with van der Waals surface area (Å²) in [5.74, 6) is 0.729. The Kier molecular flexibility index (Phi) is 4.04. The van der Waals surface area contributed by atoms with E-state index in [1.165, 1.54) is 12.8 Å². The summed E-state index contributed by atoms with van der Waals surface area (Å²) in [4.78, 5) is 14.9. The summed E-state index contributed by atoms with van der Waals surface area (Å²) in [5, 5.41) is 10.9. The molecular weight excluding hydrogens is 304 g/mol. The minimum absolute atomic E-state index is 0.0663. The topological polar surface area (TPSA) is 74.2 Å². The van der Waals surface area contributed by atoms with Gasteiger partial charge in [0.25, 0.3) is 5.91 Å². The number of carbonyl (C=O) groups excluding carboxylic acids is 1. The number of H-pyrrole nitrogens is 1. The highest BCUT2D eigenvalue weighted by Gasteiger charge is 2.26. The van der Waals surface area contributed by atoms with Gasteiger partial charge in [-0.2, -0.15) is 5.10 Å². The van der Waals surface area contributed by atoms with Crippen LogP contribution in [0, 0.1) is 0 Å². The van der Waals surface area contributed by atoms with Crippen molar-refractivity contribution in [1.29, 1.82) is 0 Å². The van der Waals surface area contributed by atoms with Crippen molar-refractivity contribution in [2.45, 2.75) is 18.9 Å². The number of amides is 1. The lowest BCUT2D eigenvalue weighted by Crippen LogP contribution is -2.36. The molecule has 1 aromatic carbocycles. The summed E-state index contributed by atoms with van der Waals surface area (Å²) in [6.07, 6.45) is 4.06. The average Bonchev–Trinajstić information content (AvgIpc) is 3.36. The Balaban J connectivity index is 1.50. The van der Waals surface area contributed by atoms with E-state index in [4.69, 9.17) is 4.42 Å². The lowest BCUT2D eigenvalue weighted by Gasteiger charge is -2.25. The van der Waals surface area contributed by atoms with E-state index in [0.717, 1.165) is 29.8 Å². The molecule has 1 amide bonds. The van der Waals surface area contributed by atoms with Gasteiger partial charge in [0, 0.05) is 11.9 Å². The Bertz CT molecular complexity index is 819. The fourth-order valence-corrected chi connectivity index (χ4v) is 3.35. The number of rotatable bonds is 5. The van der Waals surface area contributed by atoms with Gasteiger partial charge < -0.3 is 9.73 Å². The van der Waals surface area contributed by atoms with E-state index < -0.39 is 0 Å². The van der Waals surface area contributed by atoms with Crippen LogP contribution in [0.15, 0.2) is 47.1 Å². The van der Waals surface area contributed by atoms with E-state index in [-0.39, 0.29) is 11.9 Å². The molecule has 1 atom stereocenters. The first-order valence-corrected chi connectivity index (χ1v) is 8.31. The highest BCUT2D eigenvalue weighted by Crippen LogP contribution is 2.25. The largest absolute Gasteiger partial charge is 0.468 e. The summed E-state index contributed by atoms with van der Waals surface area (Å²) in [5.41, 5.74) is 1.30. The molecule has 0 aliphatic carbocycles. The van der Waals surface area contributed by atoms with Crippen LogP contribution in [-0.2, 0) is 0 Å². The van der Waals surface area contributed by atoms with Crippen LogP contribution in [-0.4, -0.2) is 40.6 Å². The van der Waals surface area contributed by atoms with Gasteiger partial charge in [-0.3, -0.25) is 14.8 Å². The number of aromatic nitrogens is 2. The van der Waals surface area contributed by atoms with E-state index in [0.29, 0.717) is 12.2 Å². The Morgan fingerprint density at radius 3 is 2.88 bits per heavy atom. The molecule has 1 aliphatic heterocycles. The fraction of sp³-hybridized carbons (Fsp3) is 0.333. The van der Waals surface area contributed by atoms with Crippen molar-refractivity contribution in [2.24, 2.45) is 0 Å². The zero-order valence-electron chi connectivity index (χ0n) is 13.4. The zero-order valence-corrected chi connectivity index (χ0v) is 13.4. The predicted molar refractivity (Wildman–Crippen MR) is 90.7 cm³/mol. The SMILES string of the molecule is O=C(NC[C@H](c1ccco1)N1CCCC1)c1n[nH]c2ccccc12. The van der Waals surface area contributed by atoms with Crippen LogP contribution in [0.1, 0.15) is 35.1 Å². The van der Waals surface area contributed by atoms with Crippen LogP contribution in [0.3, 0.4) is 0 Å². The second kappa shape index (κ2) is 6.49. The van der Waals surface area contributed by atoms with Crippen molar-refractivity contribution in [2.75, 3.05) is 19.6 Å². The smallest absolute Gasteiger partial charge is 0.272 e. The maximum absolute atomic E-state index is 12.6. The standard InChI is InChI=1S/C18H20N4O2/c23-18(17-13-6-1-2-7-14(13)20-21-17)19-12-15(16-8-5-11-24-16)22-9-3-4-10-22/h1-2,5-8,11,15H,3-4,9-10,12H2,(H,19,23)(H,20,21)/t15-/m1/s1. The fourth-order valence-electron chi connectivity index (χ4n) is 3.35. The van der Waals surface area contributed by atoms with E-state index in [2.05, 4.69) is 20.4 Å². The summed E-state index contributed by atoms with van der Waals surface area (Å²) >= 11 is 0. The molecule has 3 aromatic rings. The minimum Gasteiger partial charge on any atom is -0.468 e. The van der Waals surface area contributed by atoms with Crippen LogP contribution < -0.4 is 5.32 Å². The molecule has 0 spiro atoms. The molecule has 0 bridgehead atoms. The molecule has 0 radical (unpaired) electrons. The highest BCUT2D eigenvalue weighted by atomic mass is 16.3. The third-order valence-electron chi connectivity index (χ3n) is 4.59. The minimum atomic E-state index is -0.164. The quantitative estimate of drug-likeness (QED) is 0.757. The molecule has 124 valence electrons. The number of furan rings is 1. The summed E-state index contributed by atoms with van der Waals surface area (Å²) in [7, 11) is 0. The number of likely N-dealkylation sites (tertiary alicyclic amines) is 1. The van der Waals surface area contributed by atoms with Crippen LogP contribution >= 0.6 is 0 Å². The van der Waals surface area contributed by atoms with Gasteiger partial charge in [0.2, 0.25) is 0 Å². The molecule has 6 nitrogen and oxygen atoms in total. The van der Waals surface area contributed by atoms with E-state index >= 15 is 0 Å². The Hall–Kier alpha value is -2.60. The molecule has 2 N–H and O–H groups in total. The number of hydrogen-bond donors (Lipinski definition) is 2. The lowest BCUT2D eigenvalue weighted by molar-refractivity contribution is 0.0930. The summed E-state index contributed by atoms with van der Waals surface area (Å²) < 4.78 is 5.59. The van der Waals surface area contributed by atoms with Gasteiger partial charge in [0.05, 0.1) is 17.8 Å². The van der Waals surface area contributed by atoms with E-state index in [1.807, 2.05) is 36.4 Å². The van der Waals surface area contributed by atoms with Gasteiger partial charge in [-0.25, -0.2) is 0 Å². The molecule has 24 heavy (non-hydrogen) atoms. The maximum Gasteiger partial charge on any atom is 0.272 e. The van der Waals surface area contributed by atoms with Crippen molar-refractivity contribution in [3.05, 3.63) is 54.1 Å².